The van der Waals surface area contributed by atoms with Crippen LogP contribution in [0.5, 0.6) is 5.75 Å². The number of aromatic hydroxyl groups is 1. The molecule has 3 nitrogen and oxygen atoms in total. The Hall–Kier alpha value is -0.770. The summed E-state index contributed by atoms with van der Waals surface area (Å²) >= 11 is 0. The molecule has 4 heteroatoms. The number of benzene rings is 1. The summed E-state index contributed by atoms with van der Waals surface area (Å²) in [5, 5.41) is 19.9. The highest BCUT2D eigenvalue weighted by Crippen LogP contribution is 2.38. The van der Waals surface area contributed by atoms with Crippen molar-refractivity contribution >= 4 is 12.4 Å². The van der Waals surface area contributed by atoms with Crippen molar-refractivity contribution < 1.29 is 10.2 Å². The lowest BCUT2D eigenvalue weighted by Gasteiger charge is -2.38. The topological polar surface area (TPSA) is 43.7 Å². The average molecular weight is 286 g/mol. The third-order valence-electron chi connectivity index (χ3n) is 3.96. The molecule has 0 bridgehead atoms. The van der Waals surface area contributed by atoms with Gasteiger partial charge >= 0.3 is 0 Å². The number of aliphatic hydroxyl groups is 1. The van der Waals surface area contributed by atoms with Gasteiger partial charge in [-0.3, -0.25) is 0 Å². The van der Waals surface area contributed by atoms with E-state index in [-0.39, 0.29) is 30.5 Å². The molecule has 1 saturated carbocycles. The Kier molecular flexibility index (Phi) is 6.11. The third kappa shape index (κ3) is 3.85. The fraction of sp³-hybridized carbons (Fsp3) is 0.600. The van der Waals surface area contributed by atoms with Crippen LogP contribution in [-0.4, -0.2) is 35.3 Å². The van der Waals surface area contributed by atoms with Crippen molar-refractivity contribution in [1.82, 2.24) is 4.90 Å². The van der Waals surface area contributed by atoms with E-state index in [2.05, 4.69) is 4.90 Å². The molecular formula is C15H24ClNO2. The first-order valence-corrected chi connectivity index (χ1v) is 6.73. The van der Waals surface area contributed by atoms with Crippen molar-refractivity contribution in [2.24, 2.45) is 5.92 Å². The first-order chi connectivity index (χ1) is 8.59. The standard InChI is InChI=1S/C15H23NO2.ClH/c1-16(2)15(11-6-5-7-12(17)10-11)13-8-3-4-9-14(13)18;/h5-7,10,13-15,17-18H,3-4,8-9H2,1-2H3;1H. The zero-order valence-corrected chi connectivity index (χ0v) is 12.4. The second-order valence-electron chi connectivity index (χ2n) is 5.52. The summed E-state index contributed by atoms with van der Waals surface area (Å²) in [6.45, 7) is 0. The maximum absolute atomic E-state index is 10.2. The number of halogens is 1. The lowest BCUT2D eigenvalue weighted by molar-refractivity contribution is 0.0220. The summed E-state index contributed by atoms with van der Waals surface area (Å²) in [7, 11) is 4.08. The van der Waals surface area contributed by atoms with E-state index < -0.39 is 0 Å². The van der Waals surface area contributed by atoms with Crippen LogP contribution in [0.2, 0.25) is 0 Å². The molecule has 1 fully saturated rings. The van der Waals surface area contributed by atoms with Gasteiger partial charge in [0.25, 0.3) is 0 Å². The van der Waals surface area contributed by atoms with Crippen LogP contribution in [0.4, 0.5) is 0 Å². The average Bonchev–Trinajstić information content (AvgIpc) is 2.32. The fourth-order valence-electron chi connectivity index (χ4n) is 3.15. The third-order valence-corrected chi connectivity index (χ3v) is 3.96. The van der Waals surface area contributed by atoms with Crippen LogP contribution in [-0.2, 0) is 0 Å². The van der Waals surface area contributed by atoms with Crippen molar-refractivity contribution in [2.75, 3.05) is 14.1 Å². The molecule has 2 N–H and O–H groups in total. The van der Waals surface area contributed by atoms with Crippen molar-refractivity contribution in [3.8, 4) is 5.75 Å². The van der Waals surface area contributed by atoms with E-state index in [9.17, 15) is 10.2 Å². The Morgan fingerprint density at radius 3 is 2.47 bits per heavy atom. The zero-order chi connectivity index (χ0) is 13.1. The molecule has 0 radical (unpaired) electrons. The first-order valence-electron chi connectivity index (χ1n) is 6.73. The summed E-state index contributed by atoms with van der Waals surface area (Å²) in [6, 6.07) is 7.58. The highest BCUT2D eigenvalue weighted by molar-refractivity contribution is 5.85. The molecule has 0 aromatic heterocycles. The van der Waals surface area contributed by atoms with E-state index >= 15 is 0 Å². The van der Waals surface area contributed by atoms with Gasteiger partial charge in [0.1, 0.15) is 5.75 Å². The van der Waals surface area contributed by atoms with Crippen LogP contribution >= 0.6 is 12.4 Å². The minimum Gasteiger partial charge on any atom is -0.508 e. The summed E-state index contributed by atoms with van der Waals surface area (Å²) in [4.78, 5) is 2.15. The van der Waals surface area contributed by atoms with Gasteiger partial charge in [0.15, 0.2) is 0 Å². The van der Waals surface area contributed by atoms with Crippen LogP contribution < -0.4 is 0 Å². The fourth-order valence-corrected chi connectivity index (χ4v) is 3.15. The van der Waals surface area contributed by atoms with Crippen LogP contribution in [0.15, 0.2) is 24.3 Å². The van der Waals surface area contributed by atoms with Gasteiger partial charge in [0.2, 0.25) is 0 Å². The molecule has 1 aliphatic rings. The zero-order valence-electron chi connectivity index (χ0n) is 11.6. The molecule has 0 saturated heterocycles. The molecule has 1 aliphatic carbocycles. The summed E-state index contributed by atoms with van der Waals surface area (Å²) in [5.41, 5.74) is 1.09. The lowest BCUT2D eigenvalue weighted by atomic mass is 9.78. The minimum absolute atomic E-state index is 0. The Morgan fingerprint density at radius 1 is 1.21 bits per heavy atom. The first kappa shape index (κ1) is 16.3. The molecule has 1 aromatic carbocycles. The van der Waals surface area contributed by atoms with Crippen LogP contribution in [0.1, 0.15) is 37.3 Å². The van der Waals surface area contributed by atoms with Crippen molar-refractivity contribution in [1.29, 1.82) is 0 Å². The number of phenols is 1. The Labute approximate surface area is 121 Å². The Morgan fingerprint density at radius 2 is 1.89 bits per heavy atom. The Bertz CT molecular complexity index is 397. The highest BCUT2D eigenvalue weighted by Gasteiger charge is 2.32. The summed E-state index contributed by atoms with van der Waals surface area (Å²) in [6.07, 6.45) is 4.03. The van der Waals surface area contributed by atoms with Gasteiger partial charge in [-0.1, -0.05) is 25.0 Å². The van der Waals surface area contributed by atoms with Gasteiger partial charge in [0.05, 0.1) is 6.10 Å². The largest absolute Gasteiger partial charge is 0.508 e. The lowest BCUT2D eigenvalue weighted by Crippen LogP contribution is -2.36. The predicted octanol–water partition coefficient (Wildman–Crippen LogP) is 2.97. The Balaban J connectivity index is 0.00000180. The highest BCUT2D eigenvalue weighted by atomic mass is 35.5. The van der Waals surface area contributed by atoms with Crippen LogP contribution in [0.25, 0.3) is 0 Å². The smallest absolute Gasteiger partial charge is 0.115 e. The maximum Gasteiger partial charge on any atom is 0.115 e. The van der Waals surface area contributed by atoms with Gasteiger partial charge in [-0.2, -0.15) is 0 Å². The monoisotopic (exact) mass is 285 g/mol. The second-order valence-corrected chi connectivity index (χ2v) is 5.52. The molecule has 3 unspecified atom stereocenters. The molecule has 0 amide bonds. The van der Waals surface area contributed by atoms with Crippen LogP contribution in [0.3, 0.4) is 0 Å². The predicted molar refractivity (Wildman–Crippen MR) is 79.7 cm³/mol. The molecule has 0 heterocycles. The molecular weight excluding hydrogens is 262 g/mol. The molecule has 1 aromatic rings. The van der Waals surface area contributed by atoms with E-state index in [1.165, 1.54) is 6.42 Å². The second kappa shape index (κ2) is 7.13. The molecule has 0 spiro atoms. The number of hydrogen-bond acceptors (Lipinski definition) is 3. The molecule has 19 heavy (non-hydrogen) atoms. The summed E-state index contributed by atoms with van der Waals surface area (Å²) in [5.74, 6) is 0.556. The van der Waals surface area contributed by atoms with Crippen molar-refractivity contribution in [3.05, 3.63) is 29.8 Å². The molecule has 2 rings (SSSR count). The van der Waals surface area contributed by atoms with E-state index in [4.69, 9.17) is 0 Å². The molecule has 108 valence electrons. The van der Waals surface area contributed by atoms with Gasteiger partial charge < -0.3 is 15.1 Å². The quantitative estimate of drug-likeness (QED) is 0.897. The normalized spacial score (nSPS) is 24.8. The number of aliphatic hydroxyl groups excluding tert-OH is 1. The van der Waals surface area contributed by atoms with Gasteiger partial charge in [-0.25, -0.2) is 0 Å². The van der Waals surface area contributed by atoms with Crippen molar-refractivity contribution in [2.45, 2.75) is 37.8 Å². The SMILES string of the molecule is CN(C)C(c1cccc(O)c1)C1CCCCC1O.Cl. The van der Waals surface area contributed by atoms with Gasteiger partial charge in [-0.15, -0.1) is 12.4 Å². The van der Waals surface area contributed by atoms with Crippen LogP contribution in [0, 0.1) is 5.92 Å². The van der Waals surface area contributed by atoms with E-state index in [1.807, 2.05) is 32.3 Å². The van der Waals surface area contributed by atoms with E-state index in [0.29, 0.717) is 5.75 Å². The maximum atomic E-state index is 10.2. The van der Waals surface area contributed by atoms with E-state index in [1.54, 1.807) is 6.07 Å². The van der Waals surface area contributed by atoms with Gasteiger partial charge in [-0.05, 0) is 44.6 Å². The molecule has 3 atom stereocenters. The number of hydrogen-bond donors (Lipinski definition) is 2. The number of rotatable bonds is 3. The number of phenolic OH excluding ortho intramolecular Hbond substituents is 1. The molecule has 0 aliphatic heterocycles. The van der Waals surface area contributed by atoms with Gasteiger partial charge in [0, 0.05) is 12.0 Å². The summed E-state index contributed by atoms with van der Waals surface area (Å²) < 4.78 is 0. The number of nitrogens with zero attached hydrogens (tertiary/aromatic N) is 1. The minimum atomic E-state index is -0.228. The van der Waals surface area contributed by atoms with Crippen molar-refractivity contribution in [3.63, 3.8) is 0 Å². The van der Waals surface area contributed by atoms with E-state index in [0.717, 1.165) is 24.8 Å².